The van der Waals surface area contributed by atoms with Crippen LogP contribution in [0.1, 0.15) is 22.9 Å². The number of fused-ring (bicyclic) bond motifs is 1. The zero-order valence-corrected chi connectivity index (χ0v) is 17.8. The van der Waals surface area contributed by atoms with Gasteiger partial charge in [-0.15, -0.1) is 11.3 Å². The predicted molar refractivity (Wildman–Crippen MR) is 119 cm³/mol. The normalized spacial score (nSPS) is 13.7. The minimum absolute atomic E-state index is 0.614. The molecular weight excluding hydrogens is 400 g/mol. The van der Waals surface area contributed by atoms with Crippen molar-refractivity contribution in [2.24, 2.45) is 4.99 Å². The molecule has 2 aromatic heterocycles. The van der Waals surface area contributed by atoms with Gasteiger partial charge in [0.15, 0.2) is 17.5 Å². The molecule has 0 aliphatic carbocycles. The Kier molecular flexibility index (Phi) is 6.87. The number of hydrogen-bond donors (Lipinski definition) is 2. The van der Waals surface area contributed by atoms with Crippen molar-refractivity contribution >= 4 is 23.0 Å². The predicted octanol–water partition coefficient (Wildman–Crippen LogP) is 4.05. The van der Waals surface area contributed by atoms with E-state index in [1.165, 1.54) is 0 Å². The van der Waals surface area contributed by atoms with Crippen LogP contribution in [0.3, 0.4) is 0 Å². The fourth-order valence-electron chi connectivity index (χ4n) is 3.08. The van der Waals surface area contributed by atoms with E-state index in [-0.39, 0.29) is 0 Å². The van der Waals surface area contributed by atoms with Crippen molar-refractivity contribution in [3.8, 4) is 11.5 Å². The second-order valence-corrected chi connectivity index (χ2v) is 7.99. The van der Waals surface area contributed by atoms with E-state index in [2.05, 4.69) is 21.0 Å². The maximum atomic E-state index is 5.80. The van der Waals surface area contributed by atoms with Gasteiger partial charge in [0.25, 0.3) is 0 Å². The summed E-state index contributed by atoms with van der Waals surface area (Å²) in [6.45, 7) is 4.71. The van der Waals surface area contributed by atoms with Crippen LogP contribution in [-0.2, 0) is 12.8 Å². The van der Waals surface area contributed by atoms with E-state index < -0.39 is 0 Å². The summed E-state index contributed by atoms with van der Waals surface area (Å²) < 4.78 is 16.9. The van der Waals surface area contributed by atoms with Crippen molar-refractivity contribution < 1.29 is 13.9 Å². The Bertz CT molecular complexity index is 969. The van der Waals surface area contributed by atoms with Crippen LogP contribution in [0.15, 0.2) is 51.4 Å². The van der Waals surface area contributed by atoms with Gasteiger partial charge in [-0.1, -0.05) is 0 Å². The highest BCUT2D eigenvalue weighted by atomic mass is 32.1. The standard InChI is InChI=1S/C22H26N4O3S/c1-16-25-18(15-30-16)7-9-23-22(24-10-8-19-4-2-11-27-19)26-17-5-6-20-21(14-17)29-13-3-12-28-20/h2,4-6,11,14-15H,3,7-10,12-13H2,1H3,(H2,23,24,26). The highest BCUT2D eigenvalue weighted by Crippen LogP contribution is 2.32. The lowest BCUT2D eigenvalue weighted by molar-refractivity contribution is 0.297. The maximum Gasteiger partial charge on any atom is 0.195 e. The van der Waals surface area contributed by atoms with Gasteiger partial charge in [0.2, 0.25) is 0 Å². The average molecular weight is 427 g/mol. The van der Waals surface area contributed by atoms with Crippen LogP contribution in [0.25, 0.3) is 0 Å². The third-order valence-electron chi connectivity index (χ3n) is 4.56. The molecule has 0 unspecified atom stereocenters. The lowest BCUT2D eigenvalue weighted by atomic mass is 10.2. The number of furan rings is 1. The number of ether oxygens (including phenoxy) is 2. The Balaban J connectivity index is 1.41. The molecule has 3 aromatic rings. The van der Waals surface area contributed by atoms with Gasteiger partial charge in [-0.25, -0.2) is 4.98 Å². The number of aromatic nitrogens is 1. The van der Waals surface area contributed by atoms with Crippen LogP contribution in [-0.4, -0.2) is 37.2 Å². The molecule has 0 atom stereocenters. The van der Waals surface area contributed by atoms with Gasteiger partial charge in [-0.2, -0.15) is 0 Å². The van der Waals surface area contributed by atoms with Crippen molar-refractivity contribution in [1.82, 2.24) is 10.3 Å². The highest BCUT2D eigenvalue weighted by Gasteiger charge is 2.11. The van der Waals surface area contributed by atoms with Gasteiger partial charge in [0.1, 0.15) is 5.76 Å². The van der Waals surface area contributed by atoms with Gasteiger partial charge in [0.05, 0.1) is 30.2 Å². The number of aryl methyl sites for hydroxylation is 1. The number of anilines is 1. The molecule has 4 rings (SSSR count). The molecule has 2 N–H and O–H groups in total. The molecule has 0 radical (unpaired) electrons. The van der Waals surface area contributed by atoms with Crippen LogP contribution in [0, 0.1) is 6.92 Å². The molecule has 8 heteroatoms. The molecule has 1 aliphatic heterocycles. The van der Waals surface area contributed by atoms with Gasteiger partial charge >= 0.3 is 0 Å². The molecule has 3 heterocycles. The van der Waals surface area contributed by atoms with E-state index in [1.807, 2.05) is 37.3 Å². The fraction of sp³-hybridized carbons (Fsp3) is 0.364. The number of thiazole rings is 1. The van der Waals surface area contributed by atoms with Crippen LogP contribution in [0.4, 0.5) is 5.69 Å². The molecule has 30 heavy (non-hydrogen) atoms. The van der Waals surface area contributed by atoms with Crippen molar-refractivity contribution in [2.45, 2.75) is 26.2 Å². The third kappa shape index (κ3) is 5.76. The lowest BCUT2D eigenvalue weighted by Gasteiger charge is -2.14. The molecular formula is C22H26N4O3S. The molecule has 0 amide bonds. The monoisotopic (exact) mass is 426 g/mol. The minimum atomic E-state index is 0.614. The molecule has 0 bridgehead atoms. The van der Waals surface area contributed by atoms with E-state index in [4.69, 9.17) is 18.9 Å². The number of nitrogens with one attached hydrogen (secondary N) is 2. The zero-order valence-electron chi connectivity index (χ0n) is 17.0. The van der Waals surface area contributed by atoms with Gasteiger partial charge in [-0.05, 0) is 31.2 Å². The highest BCUT2D eigenvalue weighted by molar-refractivity contribution is 7.09. The van der Waals surface area contributed by atoms with Crippen molar-refractivity contribution in [3.63, 3.8) is 0 Å². The first-order valence-corrected chi connectivity index (χ1v) is 11.0. The Morgan fingerprint density at radius 1 is 1.17 bits per heavy atom. The topological polar surface area (TPSA) is 80.9 Å². The summed E-state index contributed by atoms with van der Waals surface area (Å²) in [6, 6.07) is 9.71. The Morgan fingerprint density at radius 2 is 2.07 bits per heavy atom. The minimum Gasteiger partial charge on any atom is -0.490 e. The first kappa shape index (κ1) is 20.3. The van der Waals surface area contributed by atoms with Crippen LogP contribution < -0.4 is 20.1 Å². The Morgan fingerprint density at radius 3 is 2.87 bits per heavy atom. The number of nitrogens with zero attached hydrogens (tertiary/aromatic N) is 2. The number of guanidine groups is 1. The zero-order chi connectivity index (χ0) is 20.6. The molecule has 0 saturated heterocycles. The number of hydrogen-bond acceptors (Lipinski definition) is 6. The van der Waals surface area contributed by atoms with Crippen molar-refractivity contribution in [1.29, 1.82) is 0 Å². The van der Waals surface area contributed by atoms with E-state index in [1.54, 1.807) is 17.6 Å². The van der Waals surface area contributed by atoms with Gasteiger partial charge < -0.3 is 24.5 Å². The summed E-state index contributed by atoms with van der Waals surface area (Å²) in [5.41, 5.74) is 1.99. The average Bonchev–Trinajstić information content (AvgIpc) is 3.34. The number of benzene rings is 1. The first-order valence-electron chi connectivity index (χ1n) is 10.1. The lowest BCUT2D eigenvalue weighted by Crippen LogP contribution is -2.32. The molecule has 0 saturated carbocycles. The second kappa shape index (κ2) is 10.2. The summed E-state index contributed by atoms with van der Waals surface area (Å²) in [5.74, 6) is 3.17. The quantitative estimate of drug-likeness (QED) is 0.438. The molecule has 158 valence electrons. The maximum absolute atomic E-state index is 5.80. The molecule has 1 aliphatic rings. The fourth-order valence-corrected chi connectivity index (χ4v) is 3.73. The molecule has 0 fully saturated rings. The SMILES string of the molecule is Cc1nc(CCNC(=NCCc2ccco2)Nc2ccc3c(c2)OCCCO3)cs1. The summed E-state index contributed by atoms with van der Waals surface area (Å²) in [5, 5.41) is 9.96. The molecule has 1 aromatic carbocycles. The Labute approximate surface area is 180 Å². The van der Waals surface area contributed by atoms with E-state index in [9.17, 15) is 0 Å². The largest absolute Gasteiger partial charge is 0.490 e. The molecule has 0 spiro atoms. The summed E-state index contributed by atoms with van der Waals surface area (Å²) >= 11 is 1.67. The van der Waals surface area contributed by atoms with Crippen LogP contribution in [0.2, 0.25) is 0 Å². The summed E-state index contributed by atoms with van der Waals surface area (Å²) in [4.78, 5) is 9.23. The van der Waals surface area contributed by atoms with Crippen LogP contribution >= 0.6 is 11.3 Å². The Hall–Kier alpha value is -3.00. The number of rotatable bonds is 7. The smallest absolute Gasteiger partial charge is 0.195 e. The first-order chi connectivity index (χ1) is 14.8. The van der Waals surface area contributed by atoms with E-state index in [0.717, 1.165) is 59.5 Å². The number of aliphatic imine (C=N–C) groups is 1. The third-order valence-corrected chi connectivity index (χ3v) is 5.38. The van der Waals surface area contributed by atoms with Crippen molar-refractivity contribution in [3.05, 3.63) is 58.4 Å². The van der Waals surface area contributed by atoms with Crippen molar-refractivity contribution in [2.75, 3.05) is 31.6 Å². The molecule has 7 nitrogen and oxygen atoms in total. The van der Waals surface area contributed by atoms with Crippen LogP contribution in [0.5, 0.6) is 11.5 Å². The summed E-state index contributed by atoms with van der Waals surface area (Å²) in [7, 11) is 0. The van der Waals surface area contributed by atoms with E-state index in [0.29, 0.717) is 25.7 Å². The second-order valence-electron chi connectivity index (χ2n) is 6.93. The summed E-state index contributed by atoms with van der Waals surface area (Å²) in [6.07, 6.45) is 4.15. The van der Waals surface area contributed by atoms with Gasteiger partial charge in [-0.3, -0.25) is 4.99 Å². The van der Waals surface area contributed by atoms with Gasteiger partial charge in [0, 0.05) is 49.5 Å². The van der Waals surface area contributed by atoms with E-state index >= 15 is 0 Å².